The number of benzene rings is 3. The van der Waals surface area contributed by atoms with Crippen LogP contribution in [0.15, 0.2) is 97.3 Å². The summed E-state index contributed by atoms with van der Waals surface area (Å²) in [6.45, 7) is 5.64. The van der Waals surface area contributed by atoms with Crippen LogP contribution in [-0.4, -0.2) is 26.1 Å². The van der Waals surface area contributed by atoms with Crippen molar-refractivity contribution in [2.45, 2.75) is 51.2 Å². The predicted molar refractivity (Wildman–Crippen MR) is 154 cm³/mol. The highest BCUT2D eigenvalue weighted by atomic mass is 16.6. The average molecular weight is 517 g/mol. The van der Waals surface area contributed by atoms with Crippen LogP contribution in [0.4, 0.5) is 4.79 Å². The van der Waals surface area contributed by atoms with E-state index < -0.39 is 11.1 Å². The van der Waals surface area contributed by atoms with Crippen LogP contribution in [0.1, 0.15) is 45.6 Å². The van der Waals surface area contributed by atoms with Crippen molar-refractivity contribution in [1.29, 1.82) is 0 Å². The van der Waals surface area contributed by atoms with Gasteiger partial charge in [-0.1, -0.05) is 84.9 Å². The van der Waals surface area contributed by atoms with E-state index in [1.54, 1.807) is 0 Å². The number of nitrogens with zero attached hydrogens (tertiary/aromatic N) is 3. The molecule has 0 spiro atoms. The summed E-state index contributed by atoms with van der Waals surface area (Å²) < 4.78 is 7.64. The summed E-state index contributed by atoms with van der Waals surface area (Å²) in [6, 6.07) is 29.0. The van der Waals surface area contributed by atoms with Gasteiger partial charge in [-0.2, -0.15) is 0 Å². The Morgan fingerprint density at radius 3 is 2.08 bits per heavy atom. The average Bonchev–Trinajstić information content (AvgIpc) is 3.30. The van der Waals surface area contributed by atoms with Crippen LogP contribution in [0.25, 0.3) is 39.4 Å². The highest BCUT2D eigenvalue weighted by molar-refractivity contribution is 5.82. The first-order chi connectivity index (χ1) is 18.8. The van der Waals surface area contributed by atoms with Gasteiger partial charge in [0.1, 0.15) is 5.60 Å². The quantitative estimate of drug-likeness (QED) is 0.261. The van der Waals surface area contributed by atoms with Crippen molar-refractivity contribution in [3.8, 4) is 33.6 Å². The number of hydrogen-bond acceptors (Lipinski definition) is 4. The molecule has 0 radical (unpaired) electrons. The Balaban J connectivity index is 1.40. The summed E-state index contributed by atoms with van der Waals surface area (Å²) in [5.74, 6) is 0.648. The highest BCUT2D eigenvalue weighted by Gasteiger charge is 2.41. The minimum atomic E-state index is -0.537. The van der Waals surface area contributed by atoms with E-state index in [0.717, 1.165) is 58.5 Å². The van der Waals surface area contributed by atoms with E-state index in [4.69, 9.17) is 14.7 Å². The zero-order valence-corrected chi connectivity index (χ0v) is 22.5. The molecule has 3 aromatic carbocycles. The third-order valence-corrected chi connectivity index (χ3v) is 7.29. The lowest BCUT2D eigenvalue weighted by Gasteiger charge is -2.43. The molecule has 2 heterocycles. The van der Waals surface area contributed by atoms with Gasteiger partial charge in [0, 0.05) is 29.1 Å². The van der Waals surface area contributed by atoms with Crippen molar-refractivity contribution in [3.05, 3.63) is 103 Å². The van der Waals surface area contributed by atoms with Gasteiger partial charge in [0.25, 0.3) is 0 Å². The van der Waals surface area contributed by atoms with E-state index in [-0.39, 0.29) is 6.09 Å². The molecule has 39 heavy (non-hydrogen) atoms. The maximum Gasteiger partial charge on any atom is 0.408 e. The van der Waals surface area contributed by atoms with Crippen molar-refractivity contribution in [2.24, 2.45) is 0 Å². The van der Waals surface area contributed by atoms with Crippen LogP contribution in [0.5, 0.6) is 0 Å². The molecule has 0 bridgehead atoms. The summed E-state index contributed by atoms with van der Waals surface area (Å²) >= 11 is 0. The first kappa shape index (κ1) is 24.9. The topological polar surface area (TPSA) is 68.5 Å². The number of imidazole rings is 1. The first-order valence-corrected chi connectivity index (χ1v) is 13.4. The molecule has 0 unspecified atom stereocenters. The molecule has 0 aliphatic heterocycles. The number of aromatic nitrogens is 3. The van der Waals surface area contributed by atoms with Gasteiger partial charge in [-0.05, 0) is 51.2 Å². The number of carbonyl (C=O) groups is 1. The predicted octanol–water partition coefficient (Wildman–Crippen LogP) is 7.63. The van der Waals surface area contributed by atoms with E-state index in [9.17, 15) is 4.79 Å². The van der Waals surface area contributed by atoms with Crippen LogP contribution >= 0.6 is 0 Å². The van der Waals surface area contributed by atoms with Crippen LogP contribution in [0.3, 0.4) is 0 Å². The minimum Gasteiger partial charge on any atom is -0.444 e. The van der Waals surface area contributed by atoms with Crippen LogP contribution in [0, 0.1) is 0 Å². The number of rotatable bonds is 5. The van der Waals surface area contributed by atoms with Gasteiger partial charge in [-0.3, -0.25) is 4.40 Å². The number of nitrogens with one attached hydrogen (secondary N) is 1. The molecule has 1 aliphatic rings. The Kier molecular flexibility index (Phi) is 6.18. The van der Waals surface area contributed by atoms with Crippen molar-refractivity contribution >= 4 is 11.9 Å². The zero-order valence-electron chi connectivity index (χ0n) is 22.5. The van der Waals surface area contributed by atoms with Gasteiger partial charge < -0.3 is 10.1 Å². The molecule has 0 atom stereocenters. The molecule has 6 heteroatoms. The number of carbonyl (C=O) groups excluding carboxylic acids is 1. The molecule has 196 valence electrons. The SMILES string of the molecule is CC(C)(C)OC(=O)NC1(c2ccc(-c3nc4ncc(-c5ccccc5)cn4c3-c3ccccc3)cc2)CCC1. The Hall–Kier alpha value is -4.45. The van der Waals surface area contributed by atoms with Crippen molar-refractivity contribution in [3.63, 3.8) is 0 Å². The van der Waals surface area contributed by atoms with Gasteiger partial charge in [-0.15, -0.1) is 0 Å². The highest BCUT2D eigenvalue weighted by Crippen LogP contribution is 2.42. The smallest absolute Gasteiger partial charge is 0.408 e. The zero-order chi connectivity index (χ0) is 27.0. The van der Waals surface area contributed by atoms with E-state index >= 15 is 0 Å². The summed E-state index contributed by atoms with van der Waals surface area (Å²) in [4.78, 5) is 22.3. The number of alkyl carbamates (subject to hydrolysis) is 1. The second-order valence-electron chi connectivity index (χ2n) is 11.2. The minimum absolute atomic E-state index is 0.377. The van der Waals surface area contributed by atoms with Crippen LogP contribution in [0.2, 0.25) is 0 Å². The van der Waals surface area contributed by atoms with Crippen molar-refractivity contribution in [1.82, 2.24) is 19.7 Å². The summed E-state index contributed by atoms with van der Waals surface area (Å²) in [5, 5.41) is 3.15. The number of amides is 1. The lowest BCUT2D eigenvalue weighted by Crippen LogP contribution is -2.52. The molecule has 1 saturated carbocycles. The molecule has 1 amide bonds. The largest absolute Gasteiger partial charge is 0.444 e. The molecule has 1 aliphatic carbocycles. The molecule has 2 aromatic heterocycles. The molecule has 6 nitrogen and oxygen atoms in total. The molecular weight excluding hydrogens is 484 g/mol. The monoisotopic (exact) mass is 516 g/mol. The van der Waals surface area contributed by atoms with E-state index in [1.807, 2.05) is 63.4 Å². The maximum atomic E-state index is 12.6. The Morgan fingerprint density at radius 2 is 1.49 bits per heavy atom. The van der Waals surface area contributed by atoms with Gasteiger partial charge in [0.05, 0.1) is 16.9 Å². The Bertz CT molecular complexity index is 1610. The van der Waals surface area contributed by atoms with Crippen LogP contribution in [-0.2, 0) is 10.3 Å². The molecule has 1 fully saturated rings. The van der Waals surface area contributed by atoms with Gasteiger partial charge in [0.2, 0.25) is 5.78 Å². The standard InChI is InChI=1S/C33H32N4O2/c1-32(2,3)39-31(38)36-33(19-10-20-33)27-17-15-24(16-18-27)28-29(25-13-8-5-9-14-25)37-22-26(21-34-30(37)35-28)23-11-6-4-7-12-23/h4-9,11-18,21-22H,10,19-20H2,1-3H3,(H,36,38). The summed E-state index contributed by atoms with van der Waals surface area (Å²) in [5.41, 5.74) is 6.21. The number of ether oxygens (including phenoxy) is 1. The van der Waals surface area contributed by atoms with E-state index in [2.05, 4.69) is 64.4 Å². The third kappa shape index (κ3) is 4.90. The second kappa shape index (κ2) is 9.70. The van der Waals surface area contributed by atoms with E-state index in [0.29, 0.717) is 5.78 Å². The van der Waals surface area contributed by atoms with Gasteiger partial charge >= 0.3 is 6.09 Å². The van der Waals surface area contributed by atoms with Gasteiger partial charge in [-0.25, -0.2) is 14.8 Å². The molecule has 6 rings (SSSR count). The second-order valence-corrected chi connectivity index (χ2v) is 11.2. The third-order valence-electron chi connectivity index (χ3n) is 7.29. The molecule has 0 saturated heterocycles. The Morgan fingerprint density at radius 1 is 0.846 bits per heavy atom. The molecule has 5 aromatic rings. The fourth-order valence-electron chi connectivity index (χ4n) is 5.25. The first-order valence-electron chi connectivity index (χ1n) is 13.4. The lowest BCUT2D eigenvalue weighted by molar-refractivity contribution is 0.0377. The Labute approximate surface area is 228 Å². The summed E-state index contributed by atoms with van der Waals surface area (Å²) in [7, 11) is 0. The fourth-order valence-corrected chi connectivity index (χ4v) is 5.25. The lowest BCUT2D eigenvalue weighted by atomic mass is 9.71. The maximum absolute atomic E-state index is 12.6. The summed E-state index contributed by atoms with van der Waals surface area (Å²) in [6.07, 6.45) is 6.46. The van der Waals surface area contributed by atoms with E-state index in [1.165, 1.54) is 0 Å². The molecular formula is C33H32N4O2. The normalized spacial score (nSPS) is 14.5. The number of hydrogen-bond donors (Lipinski definition) is 1. The van der Waals surface area contributed by atoms with Gasteiger partial charge in [0.15, 0.2) is 0 Å². The molecule has 1 N–H and O–H groups in total. The fraction of sp³-hybridized carbons (Fsp3) is 0.242. The van der Waals surface area contributed by atoms with Crippen molar-refractivity contribution < 1.29 is 9.53 Å². The van der Waals surface area contributed by atoms with Crippen LogP contribution < -0.4 is 5.32 Å². The number of fused-ring (bicyclic) bond motifs is 1. The van der Waals surface area contributed by atoms with Crippen molar-refractivity contribution in [2.75, 3.05) is 0 Å².